The molecule has 0 bridgehead atoms. The predicted molar refractivity (Wildman–Crippen MR) is 92.4 cm³/mol. The van der Waals surface area contributed by atoms with Crippen LogP contribution >= 0.6 is 0 Å². The third-order valence-electron chi connectivity index (χ3n) is 3.61. The molecule has 1 amide bonds. The molecule has 3 rings (SSSR count). The molecule has 0 saturated carbocycles. The topological polar surface area (TPSA) is 104 Å². The van der Waals surface area contributed by atoms with E-state index in [1.165, 1.54) is 38.4 Å². The van der Waals surface area contributed by atoms with Crippen LogP contribution in [0, 0.1) is 0 Å². The van der Waals surface area contributed by atoms with Crippen molar-refractivity contribution in [3.8, 4) is 0 Å². The van der Waals surface area contributed by atoms with Gasteiger partial charge in [0.2, 0.25) is 5.95 Å². The van der Waals surface area contributed by atoms with Gasteiger partial charge in [-0.15, -0.1) is 0 Å². The SMILES string of the molecule is CON(C)S(=O)(=O)c1cccc(C(=O)Nc2nc3ccccc3[nH]2)c1. The number of amides is 1. The number of imidazole rings is 1. The zero-order valence-corrected chi connectivity index (χ0v) is 14.4. The maximum absolute atomic E-state index is 12.4. The van der Waals surface area contributed by atoms with E-state index >= 15 is 0 Å². The normalized spacial score (nSPS) is 11.8. The molecule has 0 unspecified atom stereocenters. The third kappa shape index (κ3) is 3.38. The van der Waals surface area contributed by atoms with Crippen molar-refractivity contribution in [2.75, 3.05) is 19.5 Å². The highest BCUT2D eigenvalue weighted by Crippen LogP contribution is 2.18. The summed E-state index contributed by atoms with van der Waals surface area (Å²) in [5.74, 6) is -0.190. The molecule has 0 saturated heterocycles. The van der Waals surface area contributed by atoms with Gasteiger partial charge in [0.25, 0.3) is 15.9 Å². The van der Waals surface area contributed by atoms with E-state index in [1.807, 2.05) is 24.3 Å². The van der Waals surface area contributed by atoms with Crippen molar-refractivity contribution in [1.29, 1.82) is 0 Å². The molecule has 130 valence electrons. The first-order chi connectivity index (χ1) is 11.9. The molecule has 1 aromatic heterocycles. The van der Waals surface area contributed by atoms with Gasteiger partial charge in [-0.3, -0.25) is 14.9 Å². The molecule has 25 heavy (non-hydrogen) atoms. The summed E-state index contributed by atoms with van der Waals surface area (Å²) in [5, 5.41) is 2.62. The Morgan fingerprint density at radius 3 is 2.68 bits per heavy atom. The summed E-state index contributed by atoms with van der Waals surface area (Å²) >= 11 is 0. The Kier molecular flexibility index (Phi) is 4.53. The molecule has 0 radical (unpaired) electrons. The fraction of sp³-hybridized carbons (Fsp3) is 0.125. The van der Waals surface area contributed by atoms with Crippen molar-refractivity contribution in [3.05, 3.63) is 54.1 Å². The summed E-state index contributed by atoms with van der Waals surface area (Å²) in [7, 11) is -1.31. The van der Waals surface area contributed by atoms with Crippen LogP contribution in [0.1, 0.15) is 10.4 Å². The lowest BCUT2D eigenvalue weighted by molar-refractivity contribution is -0.0258. The highest BCUT2D eigenvalue weighted by molar-refractivity contribution is 7.89. The first-order valence-electron chi connectivity index (χ1n) is 7.31. The van der Waals surface area contributed by atoms with Gasteiger partial charge < -0.3 is 4.98 Å². The van der Waals surface area contributed by atoms with Crippen molar-refractivity contribution >= 4 is 32.9 Å². The van der Waals surface area contributed by atoms with E-state index in [2.05, 4.69) is 15.3 Å². The number of hydrogen-bond donors (Lipinski definition) is 2. The number of anilines is 1. The number of aromatic amines is 1. The minimum atomic E-state index is -3.83. The van der Waals surface area contributed by atoms with E-state index in [0.717, 1.165) is 15.5 Å². The van der Waals surface area contributed by atoms with Crippen LogP contribution in [0.5, 0.6) is 0 Å². The zero-order chi connectivity index (χ0) is 18.0. The van der Waals surface area contributed by atoms with Crippen molar-refractivity contribution in [2.24, 2.45) is 0 Å². The van der Waals surface area contributed by atoms with Gasteiger partial charge in [0.05, 0.1) is 23.0 Å². The number of carbonyl (C=O) groups is 1. The van der Waals surface area contributed by atoms with E-state index in [0.29, 0.717) is 0 Å². The summed E-state index contributed by atoms with van der Waals surface area (Å²) in [4.78, 5) is 24.3. The minimum absolute atomic E-state index is 0.0471. The van der Waals surface area contributed by atoms with Crippen LogP contribution in [-0.2, 0) is 14.9 Å². The Hall–Kier alpha value is -2.75. The monoisotopic (exact) mass is 360 g/mol. The van der Waals surface area contributed by atoms with Gasteiger partial charge in [0.15, 0.2) is 0 Å². The Morgan fingerprint density at radius 2 is 1.96 bits per heavy atom. The Labute approximate surface area is 144 Å². The Balaban J connectivity index is 1.86. The van der Waals surface area contributed by atoms with Gasteiger partial charge in [0.1, 0.15) is 0 Å². The molecule has 0 aliphatic rings. The summed E-state index contributed by atoms with van der Waals surface area (Å²) in [6.45, 7) is 0. The standard InChI is InChI=1S/C16H16N4O4S/c1-20(24-2)25(22,23)12-7-5-6-11(10-12)15(21)19-16-17-13-8-3-4-9-14(13)18-16/h3-10H,1-2H3,(H2,17,18,19,21). The molecule has 2 aromatic carbocycles. The lowest BCUT2D eigenvalue weighted by atomic mass is 10.2. The smallest absolute Gasteiger partial charge is 0.264 e. The summed E-state index contributed by atoms with van der Waals surface area (Å²) in [6, 6.07) is 13.0. The number of fused-ring (bicyclic) bond motifs is 1. The van der Waals surface area contributed by atoms with Crippen molar-refractivity contribution in [1.82, 2.24) is 14.4 Å². The molecule has 2 N–H and O–H groups in total. The van der Waals surface area contributed by atoms with Crippen LogP contribution in [0.2, 0.25) is 0 Å². The van der Waals surface area contributed by atoms with Crippen LogP contribution in [0.4, 0.5) is 5.95 Å². The van der Waals surface area contributed by atoms with Crippen LogP contribution in [0.25, 0.3) is 11.0 Å². The van der Waals surface area contributed by atoms with Crippen molar-refractivity contribution < 1.29 is 18.0 Å². The summed E-state index contributed by atoms with van der Waals surface area (Å²) < 4.78 is 25.3. The number of nitrogens with one attached hydrogen (secondary N) is 2. The van der Waals surface area contributed by atoms with Gasteiger partial charge >= 0.3 is 0 Å². The first kappa shape index (κ1) is 17.1. The number of H-pyrrole nitrogens is 1. The second kappa shape index (κ2) is 6.63. The van der Waals surface area contributed by atoms with E-state index in [4.69, 9.17) is 4.84 Å². The number of sulfonamides is 1. The third-order valence-corrected chi connectivity index (χ3v) is 5.29. The maximum atomic E-state index is 12.4. The summed E-state index contributed by atoms with van der Waals surface area (Å²) in [6.07, 6.45) is 0. The number of nitrogens with zero attached hydrogens (tertiary/aromatic N) is 2. The molecular weight excluding hydrogens is 344 g/mol. The Morgan fingerprint density at radius 1 is 1.20 bits per heavy atom. The quantitative estimate of drug-likeness (QED) is 0.677. The van der Waals surface area contributed by atoms with Gasteiger partial charge in [-0.2, -0.15) is 0 Å². The number of hydroxylamine groups is 1. The fourth-order valence-electron chi connectivity index (χ4n) is 2.24. The second-order valence-corrected chi connectivity index (χ2v) is 7.12. The second-order valence-electron chi connectivity index (χ2n) is 5.18. The molecule has 1 heterocycles. The molecule has 8 nitrogen and oxygen atoms in total. The van der Waals surface area contributed by atoms with Crippen LogP contribution < -0.4 is 5.32 Å². The highest BCUT2D eigenvalue weighted by atomic mass is 32.2. The number of para-hydroxylation sites is 2. The lowest BCUT2D eigenvalue weighted by Crippen LogP contribution is -2.26. The minimum Gasteiger partial charge on any atom is -0.324 e. The van der Waals surface area contributed by atoms with Crippen molar-refractivity contribution in [3.63, 3.8) is 0 Å². The van der Waals surface area contributed by atoms with Crippen LogP contribution in [0.15, 0.2) is 53.4 Å². The average Bonchev–Trinajstić information content (AvgIpc) is 3.03. The number of carbonyl (C=O) groups excluding carboxylic acids is 1. The molecule has 9 heteroatoms. The van der Waals surface area contributed by atoms with Crippen molar-refractivity contribution in [2.45, 2.75) is 4.90 Å². The average molecular weight is 360 g/mol. The van der Waals surface area contributed by atoms with E-state index in [9.17, 15) is 13.2 Å². The van der Waals surface area contributed by atoms with Gasteiger partial charge in [0, 0.05) is 12.6 Å². The molecule has 0 atom stereocenters. The van der Waals surface area contributed by atoms with E-state index < -0.39 is 15.9 Å². The number of aromatic nitrogens is 2. The first-order valence-corrected chi connectivity index (χ1v) is 8.75. The molecule has 0 spiro atoms. The number of hydrogen-bond acceptors (Lipinski definition) is 5. The van der Waals surface area contributed by atoms with Gasteiger partial charge in [-0.05, 0) is 30.3 Å². The van der Waals surface area contributed by atoms with E-state index in [-0.39, 0.29) is 16.4 Å². The highest BCUT2D eigenvalue weighted by Gasteiger charge is 2.22. The molecule has 0 aliphatic heterocycles. The molecule has 0 aliphatic carbocycles. The zero-order valence-electron chi connectivity index (χ0n) is 13.6. The molecule has 0 fully saturated rings. The largest absolute Gasteiger partial charge is 0.324 e. The van der Waals surface area contributed by atoms with E-state index in [1.54, 1.807) is 0 Å². The van der Waals surface area contributed by atoms with Crippen LogP contribution in [0.3, 0.4) is 0 Å². The number of benzene rings is 2. The summed E-state index contributed by atoms with van der Waals surface area (Å²) in [5.41, 5.74) is 1.69. The molecule has 3 aromatic rings. The number of rotatable bonds is 5. The predicted octanol–water partition coefficient (Wildman–Crippen LogP) is 2.00. The molecular formula is C16H16N4O4S. The van der Waals surface area contributed by atoms with Gasteiger partial charge in [-0.1, -0.05) is 22.7 Å². The van der Waals surface area contributed by atoms with Crippen LogP contribution in [-0.4, -0.2) is 42.9 Å². The lowest BCUT2D eigenvalue weighted by Gasteiger charge is -2.14. The maximum Gasteiger partial charge on any atom is 0.264 e. The fourth-order valence-corrected chi connectivity index (χ4v) is 3.26. The van der Waals surface area contributed by atoms with Gasteiger partial charge in [-0.25, -0.2) is 13.4 Å². The Bertz CT molecular complexity index is 996.